The average molecular weight is 683 g/mol. The second-order valence-electron chi connectivity index (χ2n) is 11.0. The summed E-state index contributed by atoms with van der Waals surface area (Å²) < 4.78 is 0.644. The molecule has 0 bridgehead atoms. The van der Waals surface area contributed by atoms with Gasteiger partial charge in [-0.25, -0.2) is 0 Å². The fraction of sp³-hybridized carbons (Fsp3) is 0.162. The van der Waals surface area contributed by atoms with Crippen molar-refractivity contribution in [1.29, 1.82) is 0 Å². The summed E-state index contributed by atoms with van der Waals surface area (Å²) in [5, 5.41) is 1.63. The van der Waals surface area contributed by atoms with E-state index in [1.54, 1.807) is 29.9 Å². The molecule has 2 atom stereocenters. The number of hydrogen-bond acceptors (Lipinski definition) is 1. The summed E-state index contributed by atoms with van der Waals surface area (Å²) in [6, 6.07) is 35.1. The summed E-state index contributed by atoms with van der Waals surface area (Å²) in [5.41, 5.74) is 12.5. The van der Waals surface area contributed by atoms with E-state index >= 15 is 0 Å². The number of rotatable bonds is 3. The second-order valence-corrected chi connectivity index (χ2v) is 15.2. The van der Waals surface area contributed by atoms with E-state index < -0.39 is 0 Å². The maximum absolute atomic E-state index is 2.51. The molecule has 2 aliphatic carbocycles. The van der Waals surface area contributed by atoms with E-state index in [2.05, 4.69) is 152 Å². The van der Waals surface area contributed by atoms with Crippen molar-refractivity contribution in [2.45, 2.75) is 29.7 Å². The third-order valence-electron chi connectivity index (χ3n) is 8.13. The molecule has 0 radical (unpaired) electrons. The number of halogens is 2. The Kier molecular flexibility index (Phi) is 11.0. The van der Waals surface area contributed by atoms with E-state index in [0.717, 1.165) is 6.54 Å². The number of benzene rings is 4. The third kappa shape index (κ3) is 6.51. The molecule has 0 spiro atoms. The van der Waals surface area contributed by atoms with Crippen LogP contribution in [0.5, 0.6) is 0 Å². The second kappa shape index (κ2) is 14.3. The van der Waals surface area contributed by atoms with Gasteiger partial charge in [0.15, 0.2) is 0 Å². The zero-order valence-corrected chi connectivity index (χ0v) is 29.2. The standard InChI is InChI=1S/C22H23NSi.C15H11.2ClH.Zr/c1-16-14-21-19(17-8-5-4-6-9-17)10-7-11-20(21)22(16)23-13-12-18(15-23)24(2)3;1-2-6-12(7-3-1)14-10-4-8-13-9-5-11-15(13)14;;;/h4-14,22H,15H2,1-3H3;1-11H;2*1H;/q;;;;+2/p-2. The molecule has 2 unspecified atom stereocenters. The Morgan fingerprint density at radius 1 is 0.690 bits per heavy atom. The van der Waals surface area contributed by atoms with Crippen LogP contribution in [0, 0.1) is 0 Å². The van der Waals surface area contributed by atoms with Gasteiger partial charge in [0.25, 0.3) is 0 Å². The van der Waals surface area contributed by atoms with Gasteiger partial charge in [-0.3, -0.25) is 0 Å². The number of allylic oxidation sites excluding steroid dienone is 1. The fourth-order valence-electron chi connectivity index (χ4n) is 6.04. The van der Waals surface area contributed by atoms with Crippen molar-refractivity contribution in [2.24, 2.45) is 0 Å². The Balaban J connectivity index is 0.000000197. The Labute approximate surface area is 280 Å². The molecule has 209 valence electrons. The van der Waals surface area contributed by atoms with Gasteiger partial charge in [0.05, 0.1) is 6.04 Å². The summed E-state index contributed by atoms with van der Waals surface area (Å²) in [7, 11) is -0.349. The van der Waals surface area contributed by atoms with Gasteiger partial charge in [0.2, 0.25) is 0 Å². The Morgan fingerprint density at radius 3 is 1.83 bits per heavy atom. The van der Waals surface area contributed by atoms with E-state index in [0.29, 0.717) is 9.67 Å². The van der Waals surface area contributed by atoms with Crippen LogP contribution in [-0.2, 0) is 24.7 Å². The molecule has 42 heavy (non-hydrogen) atoms. The van der Waals surface area contributed by atoms with Crippen molar-refractivity contribution in [2.75, 3.05) is 6.54 Å². The van der Waals surface area contributed by atoms with Crippen LogP contribution >= 0.6 is 0 Å². The first-order valence-corrected chi connectivity index (χ1v) is 18.0. The molecule has 0 saturated heterocycles. The summed E-state index contributed by atoms with van der Waals surface area (Å²) >= 11 is 1.57. The predicted octanol–water partition coefficient (Wildman–Crippen LogP) is 3.13. The molecule has 0 saturated carbocycles. The fourth-order valence-corrected chi connectivity index (χ4v) is 7.80. The minimum atomic E-state index is -0.349. The van der Waals surface area contributed by atoms with Gasteiger partial charge in [0.1, 0.15) is 0 Å². The first-order valence-electron chi connectivity index (χ1n) is 14.1. The number of nitrogens with zero attached hydrogens (tertiary/aromatic N) is 1. The van der Waals surface area contributed by atoms with E-state index in [1.165, 1.54) is 50.1 Å². The molecule has 3 aliphatic rings. The first kappa shape index (κ1) is 32.4. The Hall–Kier alpha value is -2.55. The van der Waals surface area contributed by atoms with E-state index in [4.69, 9.17) is 0 Å². The number of hydrogen-bond donors (Lipinski definition) is 0. The monoisotopic (exact) mass is 680 g/mol. The summed E-state index contributed by atoms with van der Waals surface area (Å²) in [6.07, 6.45) is 11.6. The van der Waals surface area contributed by atoms with Crippen LogP contribution in [0.3, 0.4) is 0 Å². The predicted molar refractivity (Wildman–Crippen MR) is 170 cm³/mol. The van der Waals surface area contributed by atoms with Crippen LogP contribution in [-0.4, -0.2) is 25.0 Å². The molecule has 7 rings (SSSR count). The van der Waals surface area contributed by atoms with Gasteiger partial charge >= 0.3 is 111 Å². The molecule has 0 amide bonds. The van der Waals surface area contributed by atoms with Crippen molar-refractivity contribution in [3.05, 3.63) is 143 Å². The van der Waals surface area contributed by atoms with Gasteiger partial charge in [-0.05, 0) is 46.0 Å². The van der Waals surface area contributed by atoms with Gasteiger partial charge in [-0.1, -0.05) is 67.7 Å². The van der Waals surface area contributed by atoms with Gasteiger partial charge in [-0.15, -0.1) is 0 Å². The van der Waals surface area contributed by atoms with Crippen LogP contribution in [0.4, 0.5) is 0 Å². The van der Waals surface area contributed by atoms with Gasteiger partial charge in [-0.2, -0.15) is 0 Å². The first-order chi connectivity index (χ1) is 19.5. The van der Waals surface area contributed by atoms with Crippen LogP contribution in [0.25, 0.3) is 34.4 Å². The summed E-state index contributed by atoms with van der Waals surface area (Å²) in [4.78, 5) is 2.51. The summed E-state index contributed by atoms with van der Waals surface area (Å²) in [6.45, 7) is 8.13. The van der Waals surface area contributed by atoms with Crippen LogP contribution < -0.4 is 24.8 Å². The van der Waals surface area contributed by atoms with E-state index in [-0.39, 0.29) is 33.2 Å². The molecule has 0 fully saturated rings. The number of fused-ring (bicyclic) bond motifs is 2. The molecule has 1 nitrogen and oxygen atoms in total. The zero-order chi connectivity index (χ0) is 27.6. The van der Waals surface area contributed by atoms with Crippen LogP contribution in [0.15, 0.2) is 121 Å². The zero-order valence-electron chi connectivity index (χ0n) is 24.2. The Morgan fingerprint density at radius 2 is 1.26 bits per heavy atom. The molecule has 4 aromatic rings. The molecular weight excluding hydrogens is 649 g/mol. The minimum absolute atomic E-state index is 0. The molecule has 1 aliphatic heterocycles. The van der Waals surface area contributed by atoms with E-state index in [1.807, 2.05) is 0 Å². The quantitative estimate of drug-likeness (QED) is 0.301. The summed E-state index contributed by atoms with van der Waals surface area (Å²) in [5.74, 6) is 0. The van der Waals surface area contributed by atoms with Gasteiger partial charge < -0.3 is 29.7 Å². The normalized spacial score (nSPS) is 17.4. The van der Waals surface area contributed by atoms with E-state index in [9.17, 15) is 0 Å². The van der Waals surface area contributed by atoms with Crippen LogP contribution in [0.1, 0.15) is 38.8 Å². The maximum atomic E-state index is 2.51. The van der Waals surface area contributed by atoms with Crippen molar-refractivity contribution in [3.63, 3.8) is 0 Å². The molecule has 1 heterocycles. The molecule has 0 aromatic heterocycles. The van der Waals surface area contributed by atoms with Crippen LogP contribution in [0.2, 0.25) is 13.1 Å². The van der Waals surface area contributed by atoms with Crippen molar-refractivity contribution in [1.82, 2.24) is 4.90 Å². The topological polar surface area (TPSA) is 3.24 Å². The Bertz CT molecular complexity index is 1670. The van der Waals surface area contributed by atoms with Gasteiger partial charge in [0, 0.05) is 21.2 Å². The third-order valence-corrected chi connectivity index (χ3v) is 11.0. The molecular formula is C37H34Cl2NSiZr. The van der Waals surface area contributed by atoms with Crippen molar-refractivity contribution >= 4 is 25.7 Å². The van der Waals surface area contributed by atoms with Crippen molar-refractivity contribution < 1.29 is 49.5 Å². The molecule has 4 aromatic carbocycles. The average Bonchev–Trinajstić information content (AvgIpc) is 3.71. The van der Waals surface area contributed by atoms with Crippen molar-refractivity contribution in [3.8, 4) is 22.3 Å². The molecule has 5 heteroatoms. The SMILES string of the molecule is CC1=Cc2c(-c3ccccc3)cccc2C1N1C=CC(=[Si](C)C)C1.[Cl-].[Cl-].[Zr+2][CH]1C=Cc2c(-c3ccccc3)cccc21. The molecule has 0 N–H and O–H groups in total.